The minimum Gasteiger partial charge on any atom is -0.268 e. The number of carbonyl (C=O) groups is 2. The Balaban J connectivity index is 2.10. The Morgan fingerprint density at radius 1 is 0.737 bits per heavy atom. The van der Waals surface area contributed by atoms with Crippen molar-refractivity contribution >= 4 is 49.4 Å². The summed E-state index contributed by atoms with van der Waals surface area (Å²) in [6.45, 7) is 0. The van der Waals surface area contributed by atoms with Crippen LogP contribution in [0.2, 0.25) is 0 Å². The van der Waals surface area contributed by atoms with Gasteiger partial charge in [-0.15, -0.1) is 0 Å². The van der Waals surface area contributed by atoms with E-state index in [0.29, 0.717) is 16.8 Å². The van der Waals surface area contributed by atoms with Crippen LogP contribution in [-0.2, 0) is 0 Å². The molecule has 0 radical (unpaired) electrons. The first-order valence-corrected chi connectivity index (χ1v) is 7.10. The average molecular weight is 381 g/mol. The molecule has 0 unspecified atom stereocenters. The molecule has 3 rings (SSSR count). The zero-order chi connectivity index (χ0) is 13.6. The third-order valence-electron chi connectivity index (χ3n) is 2.93. The molecule has 0 atom stereocenters. The molecule has 2 aromatic rings. The van der Waals surface area contributed by atoms with Gasteiger partial charge in [0.25, 0.3) is 11.8 Å². The highest BCUT2D eigenvalue weighted by atomic mass is 79.9. The normalized spacial score (nSPS) is 13.9. The Morgan fingerprint density at radius 2 is 1.32 bits per heavy atom. The summed E-state index contributed by atoms with van der Waals surface area (Å²) in [7, 11) is 0. The SMILES string of the molecule is O=C1c2ccc(Br)cc2C(=O)N1c1ccc(Br)cc1. The number of hydrogen-bond acceptors (Lipinski definition) is 2. The van der Waals surface area contributed by atoms with E-state index in [1.807, 2.05) is 0 Å². The van der Waals surface area contributed by atoms with Crippen LogP contribution in [0.4, 0.5) is 5.69 Å². The molecule has 19 heavy (non-hydrogen) atoms. The standard InChI is InChI=1S/C14H7Br2NO2/c15-8-1-4-10(5-2-8)17-13(18)11-6-3-9(16)7-12(11)14(17)19/h1-7H. The molecular weight excluding hydrogens is 374 g/mol. The van der Waals surface area contributed by atoms with Gasteiger partial charge in [-0.2, -0.15) is 0 Å². The summed E-state index contributed by atoms with van der Waals surface area (Å²) in [4.78, 5) is 25.8. The number of imide groups is 1. The van der Waals surface area contributed by atoms with Gasteiger partial charge >= 0.3 is 0 Å². The summed E-state index contributed by atoms with van der Waals surface area (Å²) in [5.41, 5.74) is 1.45. The maximum atomic E-state index is 12.3. The second kappa shape index (κ2) is 4.58. The summed E-state index contributed by atoms with van der Waals surface area (Å²) in [6, 6.07) is 12.2. The smallest absolute Gasteiger partial charge is 0.266 e. The van der Waals surface area contributed by atoms with Crippen LogP contribution in [0.15, 0.2) is 51.4 Å². The van der Waals surface area contributed by atoms with Crippen LogP contribution in [0.5, 0.6) is 0 Å². The van der Waals surface area contributed by atoms with Crippen molar-refractivity contribution in [2.45, 2.75) is 0 Å². The molecule has 0 aliphatic carbocycles. The van der Waals surface area contributed by atoms with Crippen LogP contribution in [0, 0.1) is 0 Å². The second-order valence-electron chi connectivity index (χ2n) is 4.11. The maximum Gasteiger partial charge on any atom is 0.266 e. The molecule has 0 fully saturated rings. The van der Waals surface area contributed by atoms with Gasteiger partial charge in [-0.1, -0.05) is 31.9 Å². The van der Waals surface area contributed by atoms with E-state index in [1.54, 1.807) is 42.5 Å². The molecular formula is C14H7Br2NO2. The predicted molar refractivity (Wildman–Crippen MR) is 79.4 cm³/mol. The molecule has 3 nitrogen and oxygen atoms in total. The Hall–Kier alpha value is -1.46. The Morgan fingerprint density at radius 3 is 2.00 bits per heavy atom. The third kappa shape index (κ3) is 2.03. The number of benzene rings is 2. The number of hydrogen-bond donors (Lipinski definition) is 0. The number of amides is 2. The lowest BCUT2D eigenvalue weighted by Gasteiger charge is -2.13. The van der Waals surface area contributed by atoms with Crippen LogP contribution >= 0.6 is 31.9 Å². The van der Waals surface area contributed by atoms with E-state index >= 15 is 0 Å². The fraction of sp³-hybridized carbons (Fsp3) is 0. The van der Waals surface area contributed by atoms with Gasteiger partial charge in [0, 0.05) is 8.95 Å². The minimum atomic E-state index is -0.288. The van der Waals surface area contributed by atoms with Gasteiger partial charge in [-0.25, -0.2) is 4.90 Å². The Bertz CT molecular complexity index is 695. The highest BCUT2D eigenvalue weighted by Crippen LogP contribution is 2.30. The monoisotopic (exact) mass is 379 g/mol. The molecule has 2 amide bonds. The van der Waals surface area contributed by atoms with E-state index in [-0.39, 0.29) is 11.8 Å². The lowest BCUT2D eigenvalue weighted by Crippen LogP contribution is -2.29. The molecule has 5 heteroatoms. The first-order valence-electron chi connectivity index (χ1n) is 5.52. The molecule has 1 heterocycles. The molecule has 1 aliphatic rings. The number of fused-ring (bicyclic) bond motifs is 1. The van der Waals surface area contributed by atoms with Crippen LogP contribution in [0.25, 0.3) is 0 Å². The lowest BCUT2D eigenvalue weighted by atomic mass is 10.1. The van der Waals surface area contributed by atoms with Crippen molar-refractivity contribution in [3.63, 3.8) is 0 Å². The van der Waals surface area contributed by atoms with Gasteiger partial charge in [0.2, 0.25) is 0 Å². The Labute approximate surface area is 126 Å². The molecule has 0 N–H and O–H groups in total. The van der Waals surface area contributed by atoms with Crippen molar-refractivity contribution in [2.75, 3.05) is 4.90 Å². The zero-order valence-electron chi connectivity index (χ0n) is 9.56. The molecule has 1 aliphatic heterocycles. The predicted octanol–water partition coefficient (Wildman–Crippen LogP) is 4.01. The van der Waals surface area contributed by atoms with Crippen LogP contribution < -0.4 is 4.90 Å². The molecule has 0 saturated carbocycles. The first kappa shape index (κ1) is 12.6. The summed E-state index contributed by atoms with van der Waals surface area (Å²) in [5.74, 6) is -0.571. The van der Waals surface area contributed by atoms with Gasteiger partial charge < -0.3 is 0 Å². The highest BCUT2D eigenvalue weighted by Gasteiger charge is 2.36. The number of rotatable bonds is 1. The summed E-state index contributed by atoms with van der Waals surface area (Å²) in [5, 5.41) is 0. The fourth-order valence-corrected chi connectivity index (χ4v) is 2.66. The number of halogens is 2. The van der Waals surface area contributed by atoms with Crippen LogP contribution in [0.1, 0.15) is 20.7 Å². The van der Waals surface area contributed by atoms with Crippen molar-refractivity contribution in [3.05, 3.63) is 62.5 Å². The number of carbonyl (C=O) groups excluding carboxylic acids is 2. The third-order valence-corrected chi connectivity index (χ3v) is 3.96. The molecule has 0 aromatic heterocycles. The maximum absolute atomic E-state index is 12.3. The highest BCUT2D eigenvalue weighted by molar-refractivity contribution is 9.10. The molecule has 94 valence electrons. The summed E-state index contributed by atoms with van der Waals surface area (Å²) < 4.78 is 1.68. The van der Waals surface area contributed by atoms with Gasteiger partial charge in [0.05, 0.1) is 16.8 Å². The lowest BCUT2D eigenvalue weighted by molar-refractivity contribution is 0.0926. The average Bonchev–Trinajstić information content (AvgIpc) is 2.63. The van der Waals surface area contributed by atoms with Crippen molar-refractivity contribution < 1.29 is 9.59 Å². The van der Waals surface area contributed by atoms with Crippen molar-refractivity contribution in [1.29, 1.82) is 0 Å². The van der Waals surface area contributed by atoms with Gasteiger partial charge in [-0.05, 0) is 42.5 Å². The van der Waals surface area contributed by atoms with Crippen LogP contribution in [0.3, 0.4) is 0 Å². The van der Waals surface area contributed by atoms with E-state index in [9.17, 15) is 9.59 Å². The first-order chi connectivity index (χ1) is 9.08. The van der Waals surface area contributed by atoms with E-state index in [1.165, 1.54) is 4.90 Å². The zero-order valence-corrected chi connectivity index (χ0v) is 12.7. The van der Waals surface area contributed by atoms with Crippen molar-refractivity contribution in [2.24, 2.45) is 0 Å². The van der Waals surface area contributed by atoms with Crippen molar-refractivity contribution in [3.8, 4) is 0 Å². The fourth-order valence-electron chi connectivity index (χ4n) is 2.04. The quantitative estimate of drug-likeness (QED) is 0.701. The van der Waals surface area contributed by atoms with E-state index in [0.717, 1.165) is 8.95 Å². The largest absolute Gasteiger partial charge is 0.268 e. The minimum absolute atomic E-state index is 0.283. The summed E-state index contributed by atoms with van der Waals surface area (Å²) in [6.07, 6.45) is 0. The number of nitrogens with zero attached hydrogens (tertiary/aromatic N) is 1. The van der Waals surface area contributed by atoms with Gasteiger partial charge in [-0.3, -0.25) is 9.59 Å². The molecule has 2 aromatic carbocycles. The van der Waals surface area contributed by atoms with Gasteiger partial charge in [0.15, 0.2) is 0 Å². The van der Waals surface area contributed by atoms with Crippen molar-refractivity contribution in [1.82, 2.24) is 0 Å². The molecule has 0 bridgehead atoms. The molecule has 0 saturated heterocycles. The van der Waals surface area contributed by atoms with E-state index < -0.39 is 0 Å². The Kier molecular flexibility index (Phi) is 3.03. The van der Waals surface area contributed by atoms with E-state index in [4.69, 9.17) is 0 Å². The topological polar surface area (TPSA) is 37.4 Å². The summed E-state index contributed by atoms with van der Waals surface area (Å²) >= 11 is 6.64. The van der Waals surface area contributed by atoms with Crippen LogP contribution in [-0.4, -0.2) is 11.8 Å². The molecule has 0 spiro atoms. The number of anilines is 1. The second-order valence-corrected chi connectivity index (χ2v) is 5.94. The van der Waals surface area contributed by atoms with Gasteiger partial charge in [0.1, 0.15) is 0 Å². The van der Waals surface area contributed by atoms with E-state index in [2.05, 4.69) is 31.9 Å².